The molecule has 0 radical (unpaired) electrons. The molecule has 3 nitrogen and oxygen atoms in total. The number of methoxy groups -OCH3 is 1. The van der Waals surface area contributed by atoms with Crippen molar-refractivity contribution < 1.29 is 9.53 Å². The minimum atomic E-state index is -0.444. The van der Waals surface area contributed by atoms with E-state index >= 15 is 0 Å². The monoisotopic (exact) mass is 269 g/mol. The van der Waals surface area contributed by atoms with Crippen LogP contribution in [0.4, 0.5) is 0 Å². The lowest BCUT2D eigenvalue weighted by Gasteiger charge is -2.17. The highest BCUT2D eigenvalue weighted by atomic mass is 16.5. The van der Waals surface area contributed by atoms with Gasteiger partial charge in [0.05, 0.1) is 7.11 Å². The Labute approximate surface area is 119 Å². The molecular weight excluding hydrogens is 250 g/mol. The first-order valence-electron chi connectivity index (χ1n) is 6.62. The Hall–Kier alpha value is -2.13. The van der Waals surface area contributed by atoms with Crippen LogP contribution in [0.1, 0.15) is 22.7 Å². The van der Waals surface area contributed by atoms with Crippen LogP contribution in [0, 0.1) is 6.92 Å². The minimum absolute atomic E-state index is 0.273. The fourth-order valence-corrected chi connectivity index (χ4v) is 2.03. The van der Waals surface area contributed by atoms with Gasteiger partial charge >= 0.3 is 5.97 Å². The Morgan fingerprint density at radius 1 is 1.10 bits per heavy atom. The zero-order valence-electron chi connectivity index (χ0n) is 11.8. The first-order valence-corrected chi connectivity index (χ1v) is 6.62. The number of ether oxygens (including phenoxy) is 1. The molecule has 0 spiro atoms. The summed E-state index contributed by atoms with van der Waals surface area (Å²) in [6.07, 6.45) is 0. The van der Waals surface area contributed by atoms with Crippen molar-refractivity contribution in [3.05, 3.63) is 71.3 Å². The van der Waals surface area contributed by atoms with Crippen LogP contribution in [0.25, 0.3) is 0 Å². The van der Waals surface area contributed by atoms with Crippen LogP contribution in [0.15, 0.2) is 54.6 Å². The Kier molecular flexibility index (Phi) is 4.91. The molecule has 0 saturated heterocycles. The van der Waals surface area contributed by atoms with Crippen LogP contribution < -0.4 is 5.32 Å². The third kappa shape index (κ3) is 3.68. The van der Waals surface area contributed by atoms with Gasteiger partial charge in [0.25, 0.3) is 0 Å². The van der Waals surface area contributed by atoms with Crippen molar-refractivity contribution in [2.24, 2.45) is 0 Å². The minimum Gasteiger partial charge on any atom is -0.468 e. The van der Waals surface area contributed by atoms with Crippen LogP contribution >= 0.6 is 0 Å². The van der Waals surface area contributed by atoms with Crippen molar-refractivity contribution in [1.29, 1.82) is 0 Å². The second-order valence-corrected chi connectivity index (χ2v) is 4.73. The van der Waals surface area contributed by atoms with Gasteiger partial charge < -0.3 is 4.74 Å². The van der Waals surface area contributed by atoms with Crippen molar-refractivity contribution in [1.82, 2.24) is 5.32 Å². The molecule has 104 valence electrons. The van der Waals surface area contributed by atoms with Gasteiger partial charge in [-0.1, -0.05) is 60.2 Å². The molecule has 0 unspecified atom stereocenters. The van der Waals surface area contributed by atoms with Crippen LogP contribution in [-0.4, -0.2) is 13.1 Å². The number of carbonyl (C=O) groups excluding carboxylic acids is 1. The van der Waals surface area contributed by atoms with Crippen LogP contribution in [-0.2, 0) is 16.1 Å². The summed E-state index contributed by atoms with van der Waals surface area (Å²) in [5, 5.41) is 3.25. The molecule has 3 heteroatoms. The van der Waals surface area contributed by atoms with E-state index < -0.39 is 6.04 Å². The van der Waals surface area contributed by atoms with Gasteiger partial charge in [0.1, 0.15) is 6.04 Å². The maximum absolute atomic E-state index is 11.9. The molecule has 1 atom stereocenters. The van der Waals surface area contributed by atoms with Crippen molar-refractivity contribution in [3.8, 4) is 0 Å². The molecule has 0 saturated carbocycles. The number of benzene rings is 2. The van der Waals surface area contributed by atoms with E-state index in [0.29, 0.717) is 6.54 Å². The number of esters is 1. The molecule has 0 amide bonds. The molecule has 0 aliphatic heterocycles. The molecule has 0 heterocycles. The maximum atomic E-state index is 11.9. The number of hydrogen-bond donors (Lipinski definition) is 1. The zero-order valence-corrected chi connectivity index (χ0v) is 11.8. The normalized spacial score (nSPS) is 11.9. The molecular formula is C17H19NO2. The predicted molar refractivity (Wildman–Crippen MR) is 79.2 cm³/mol. The first-order chi connectivity index (χ1) is 9.70. The van der Waals surface area contributed by atoms with E-state index in [1.807, 2.05) is 61.5 Å². The number of rotatable bonds is 5. The van der Waals surface area contributed by atoms with Gasteiger partial charge in [-0.2, -0.15) is 0 Å². The molecule has 2 aromatic rings. The summed E-state index contributed by atoms with van der Waals surface area (Å²) in [4.78, 5) is 11.9. The van der Waals surface area contributed by atoms with Gasteiger partial charge in [0, 0.05) is 6.54 Å². The predicted octanol–water partition coefficient (Wildman–Crippen LogP) is 3.00. The largest absolute Gasteiger partial charge is 0.468 e. The molecule has 0 aromatic heterocycles. The fourth-order valence-electron chi connectivity index (χ4n) is 2.03. The van der Waals surface area contributed by atoms with Crippen molar-refractivity contribution in [3.63, 3.8) is 0 Å². The molecule has 0 aliphatic carbocycles. The molecule has 0 fully saturated rings. The summed E-state index contributed by atoms with van der Waals surface area (Å²) in [7, 11) is 1.41. The summed E-state index contributed by atoms with van der Waals surface area (Å²) in [6, 6.07) is 17.4. The lowest BCUT2D eigenvalue weighted by molar-refractivity contribution is -0.143. The number of carbonyl (C=O) groups is 1. The van der Waals surface area contributed by atoms with E-state index in [1.165, 1.54) is 12.7 Å². The maximum Gasteiger partial charge on any atom is 0.327 e. The Morgan fingerprint density at radius 3 is 2.35 bits per heavy atom. The highest BCUT2D eigenvalue weighted by Gasteiger charge is 2.20. The van der Waals surface area contributed by atoms with Gasteiger partial charge in [0.2, 0.25) is 0 Å². The molecule has 0 aliphatic rings. The molecule has 2 aromatic carbocycles. The van der Waals surface area contributed by atoms with Gasteiger partial charge in [-0.15, -0.1) is 0 Å². The number of nitrogens with one attached hydrogen (secondary N) is 1. The lowest BCUT2D eigenvalue weighted by atomic mass is 10.0. The molecule has 1 N–H and O–H groups in total. The Balaban J connectivity index is 2.12. The fraction of sp³-hybridized carbons (Fsp3) is 0.235. The second kappa shape index (κ2) is 6.87. The first kappa shape index (κ1) is 14.3. The molecule has 0 bridgehead atoms. The zero-order chi connectivity index (χ0) is 14.4. The van der Waals surface area contributed by atoms with E-state index in [0.717, 1.165) is 11.1 Å². The van der Waals surface area contributed by atoms with E-state index in [4.69, 9.17) is 4.74 Å². The third-order valence-electron chi connectivity index (χ3n) is 3.20. The molecule has 2 rings (SSSR count). The van der Waals surface area contributed by atoms with E-state index in [1.54, 1.807) is 0 Å². The van der Waals surface area contributed by atoms with Crippen LogP contribution in [0.2, 0.25) is 0 Å². The summed E-state index contributed by atoms with van der Waals surface area (Å²) in [5.41, 5.74) is 3.22. The molecule has 20 heavy (non-hydrogen) atoms. The summed E-state index contributed by atoms with van der Waals surface area (Å²) in [6.45, 7) is 2.64. The van der Waals surface area contributed by atoms with Gasteiger partial charge in [-0.05, 0) is 18.1 Å². The van der Waals surface area contributed by atoms with Crippen LogP contribution in [0.5, 0.6) is 0 Å². The Morgan fingerprint density at radius 2 is 1.75 bits per heavy atom. The topological polar surface area (TPSA) is 38.3 Å². The SMILES string of the molecule is COC(=O)[C@@H](NCc1ccccc1)c1ccc(C)cc1. The Bertz CT molecular complexity index is 549. The van der Waals surface area contributed by atoms with Crippen LogP contribution in [0.3, 0.4) is 0 Å². The van der Waals surface area contributed by atoms with Crippen molar-refractivity contribution in [2.75, 3.05) is 7.11 Å². The number of aryl methyl sites for hydroxylation is 1. The van der Waals surface area contributed by atoms with Gasteiger partial charge in [-0.25, -0.2) is 4.79 Å². The van der Waals surface area contributed by atoms with Gasteiger partial charge in [-0.3, -0.25) is 5.32 Å². The highest BCUT2D eigenvalue weighted by molar-refractivity contribution is 5.77. The second-order valence-electron chi connectivity index (χ2n) is 4.73. The smallest absolute Gasteiger partial charge is 0.327 e. The third-order valence-corrected chi connectivity index (χ3v) is 3.20. The standard InChI is InChI=1S/C17H19NO2/c1-13-8-10-15(11-9-13)16(17(19)20-2)18-12-14-6-4-3-5-7-14/h3-11,16,18H,12H2,1-2H3/t16-/m0/s1. The summed E-state index contributed by atoms with van der Waals surface area (Å²) in [5.74, 6) is -0.273. The van der Waals surface area contributed by atoms with E-state index in [2.05, 4.69) is 5.32 Å². The highest BCUT2D eigenvalue weighted by Crippen LogP contribution is 2.16. The summed E-state index contributed by atoms with van der Waals surface area (Å²) < 4.78 is 4.88. The van der Waals surface area contributed by atoms with E-state index in [9.17, 15) is 4.79 Å². The number of hydrogen-bond acceptors (Lipinski definition) is 3. The van der Waals surface area contributed by atoms with Crippen molar-refractivity contribution in [2.45, 2.75) is 19.5 Å². The quantitative estimate of drug-likeness (QED) is 0.848. The average Bonchev–Trinajstić information content (AvgIpc) is 2.50. The summed E-state index contributed by atoms with van der Waals surface area (Å²) >= 11 is 0. The lowest BCUT2D eigenvalue weighted by Crippen LogP contribution is -2.29. The van der Waals surface area contributed by atoms with Crippen molar-refractivity contribution >= 4 is 5.97 Å². The van der Waals surface area contributed by atoms with E-state index in [-0.39, 0.29) is 5.97 Å². The van der Waals surface area contributed by atoms with Gasteiger partial charge in [0.15, 0.2) is 0 Å². The average molecular weight is 269 g/mol.